The van der Waals surface area contributed by atoms with E-state index in [1.54, 1.807) is 0 Å². The predicted octanol–water partition coefficient (Wildman–Crippen LogP) is 32.4. The molecular formula is C78H136F34O2. The highest BCUT2D eigenvalue weighted by Crippen LogP contribution is 2.76. The van der Waals surface area contributed by atoms with Gasteiger partial charge < -0.3 is 0 Å². The van der Waals surface area contributed by atoms with Crippen molar-refractivity contribution in [3.8, 4) is 0 Å². The van der Waals surface area contributed by atoms with Crippen molar-refractivity contribution in [1.82, 2.24) is 0 Å². The van der Waals surface area contributed by atoms with Crippen LogP contribution in [0.25, 0.3) is 0 Å². The minimum absolute atomic E-state index is 0.129. The molecule has 12 atom stereocenters. The van der Waals surface area contributed by atoms with Gasteiger partial charge in [0.25, 0.3) is 0 Å². The number of alkyl halides is 34. The molecule has 0 aromatic carbocycles. The van der Waals surface area contributed by atoms with E-state index in [0.717, 1.165) is 62.3 Å². The van der Waals surface area contributed by atoms with Crippen LogP contribution in [0.3, 0.4) is 0 Å². The number of hydrogen-bond acceptors (Lipinski definition) is 2. The number of ether oxygens (including phenoxy) is 2. The summed E-state index contributed by atoms with van der Waals surface area (Å²) in [4.78, 5) is 0. The minimum Gasteiger partial charge on any atom is -0.254 e. The molecular weight excluding hydrogens is 1610 g/mol. The Morgan fingerprint density at radius 2 is 0.368 bits per heavy atom. The standard InChI is InChI=1S/C14H16F10.C10H14F6.C10H18F4O.C9H11F7.C9H15F5O.4C5H12.2C3H7F/c1-7(15)5-6-8(2,16)12(20)10(4,18)14(23,24)13(21,22)9(3,17)11(7,12)19;1-6(11)5-7(2,12)9(4,14)10(15,16)8(6,3)13;1-7(2,3)9(11,12)15-10(13,14)8(4,5)6;1-5(10)4-6(2,11)9(15,16)7(3,12)8(5,13)14;1-6(2,3)8(11,12)15-9(13,14)7(4,5)10;4*1-5(2,3)4;2*1-3(2)4/h5-6H2,1-4H3;5H2,1-4H3;1-6H3;4H2,1-3H3;1-5H3;4*1-4H3;2*3H,1-2H3. The molecule has 4 rings (SSSR count). The van der Waals surface area contributed by atoms with Crippen LogP contribution in [-0.4, -0.2) is 146 Å². The van der Waals surface area contributed by atoms with Crippen molar-refractivity contribution in [2.75, 3.05) is 0 Å². The first-order valence-electron chi connectivity index (χ1n) is 36.2. The number of hydrogen-bond donors (Lipinski definition) is 0. The highest BCUT2D eigenvalue weighted by Gasteiger charge is 3.01. The van der Waals surface area contributed by atoms with Gasteiger partial charge in [0.2, 0.25) is 39.7 Å². The Bertz CT molecular complexity index is 2520. The molecule has 0 aromatic rings. The van der Waals surface area contributed by atoms with Crippen LogP contribution < -0.4 is 0 Å². The molecule has 0 N–H and O–H groups in total. The van der Waals surface area contributed by atoms with Crippen LogP contribution in [0.4, 0.5) is 149 Å². The van der Waals surface area contributed by atoms with Crippen LogP contribution in [0.1, 0.15) is 316 Å². The third-order valence-electron chi connectivity index (χ3n) is 16.6. The van der Waals surface area contributed by atoms with E-state index in [0.29, 0.717) is 49.4 Å². The monoisotopic (exact) mass is 1750 g/mol. The predicted molar refractivity (Wildman–Crippen MR) is 384 cm³/mol. The maximum absolute atomic E-state index is 15.4. The average molecular weight is 1750 g/mol. The molecule has 0 bridgehead atoms. The van der Waals surface area contributed by atoms with Crippen molar-refractivity contribution in [3.05, 3.63) is 0 Å². The first-order valence-corrected chi connectivity index (χ1v) is 36.2. The van der Waals surface area contributed by atoms with E-state index in [1.807, 2.05) is 0 Å². The maximum atomic E-state index is 15.4. The first kappa shape index (κ1) is 125. The van der Waals surface area contributed by atoms with Crippen molar-refractivity contribution in [1.29, 1.82) is 0 Å². The molecule has 12 unspecified atom stereocenters. The molecule has 0 aromatic heterocycles. The van der Waals surface area contributed by atoms with Crippen LogP contribution in [0.15, 0.2) is 0 Å². The summed E-state index contributed by atoms with van der Waals surface area (Å²) in [6.07, 6.45) is -23.4. The topological polar surface area (TPSA) is 18.5 Å². The molecule has 4 fully saturated rings. The molecule has 0 spiro atoms. The molecule has 36 heteroatoms. The van der Waals surface area contributed by atoms with Gasteiger partial charge in [0.15, 0.2) is 28.3 Å². The second-order valence-electron chi connectivity index (χ2n) is 41.8. The molecule has 0 amide bonds. The molecule has 2 nitrogen and oxygen atoms in total. The summed E-state index contributed by atoms with van der Waals surface area (Å²) in [6.45, 7) is 53.0. The molecule has 4 aliphatic carbocycles. The van der Waals surface area contributed by atoms with E-state index in [9.17, 15) is 140 Å². The van der Waals surface area contributed by atoms with Gasteiger partial charge in [-0.2, -0.15) is 79.0 Å². The van der Waals surface area contributed by atoms with Crippen molar-refractivity contribution < 1.29 is 159 Å². The van der Waals surface area contributed by atoms with Gasteiger partial charge in [-0.3, -0.25) is 9.47 Å². The van der Waals surface area contributed by atoms with Crippen molar-refractivity contribution in [2.45, 2.75) is 462 Å². The molecule has 0 radical (unpaired) electrons. The zero-order chi connectivity index (χ0) is 96.4. The molecule has 4 aliphatic rings. The van der Waals surface area contributed by atoms with E-state index in [-0.39, 0.29) is 48.5 Å². The molecule has 0 heterocycles. The van der Waals surface area contributed by atoms with E-state index in [1.165, 1.54) is 27.7 Å². The Kier molecular flexibility index (Phi) is 40.4. The van der Waals surface area contributed by atoms with Gasteiger partial charge in [0.1, 0.15) is 11.3 Å². The Hall–Kier alpha value is -2.46. The third kappa shape index (κ3) is 29.7. The number of halogens is 34. The summed E-state index contributed by atoms with van der Waals surface area (Å²) in [7, 11) is 0. The lowest BCUT2D eigenvalue weighted by atomic mass is 9.45. The van der Waals surface area contributed by atoms with Gasteiger partial charge in [-0.1, -0.05) is 173 Å². The summed E-state index contributed by atoms with van der Waals surface area (Å²) in [5, 5.41) is 0. The van der Waals surface area contributed by atoms with Gasteiger partial charge in [0, 0.05) is 12.8 Å². The Morgan fingerprint density at radius 3 is 0.518 bits per heavy atom. The van der Waals surface area contributed by atoms with Gasteiger partial charge in [0.05, 0.1) is 28.6 Å². The molecule has 4 saturated carbocycles. The second kappa shape index (κ2) is 36.9. The van der Waals surface area contributed by atoms with E-state index in [2.05, 4.69) is 120 Å². The Labute approximate surface area is 657 Å². The van der Waals surface area contributed by atoms with Crippen LogP contribution >= 0.6 is 0 Å². The van der Waals surface area contributed by atoms with Crippen LogP contribution in [-0.2, 0) is 9.47 Å². The summed E-state index contributed by atoms with van der Waals surface area (Å²) < 4.78 is 467. The van der Waals surface area contributed by atoms with Gasteiger partial charge in [-0.05, 0) is 152 Å². The van der Waals surface area contributed by atoms with Crippen LogP contribution in [0, 0.1) is 37.9 Å². The van der Waals surface area contributed by atoms with E-state index in [4.69, 9.17) is 0 Å². The van der Waals surface area contributed by atoms with Crippen LogP contribution in [0.2, 0.25) is 0 Å². The maximum Gasteiger partial charge on any atom is 0.393 e. The smallest absolute Gasteiger partial charge is 0.254 e. The molecule has 114 heavy (non-hydrogen) atoms. The highest BCUT2D eigenvalue weighted by molar-refractivity contribution is 5.41. The van der Waals surface area contributed by atoms with Crippen molar-refractivity contribution in [3.63, 3.8) is 0 Å². The quantitative estimate of drug-likeness (QED) is 0.256. The summed E-state index contributed by atoms with van der Waals surface area (Å²) in [5.41, 5.74) is -60.7. The summed E-state index contributed by atoms with van der Waals surface area (Å²) >= 11 is 0. The molecule has 698 valence electrons. The minimum atomic E-state index is -6.14. The zero-order valence-electron chi connectivity index (χ0n) is 74.7. The zero-order valence-corrected chi connectivity index (χ0v) is 74.7. The number of rotatable bonds is 5. The fourth-order valence-corrected chi connectivity index (χ4v) is 9.16. The van der Waals surface area contributed by atoms with E-state index >= 15 is 8.78 Å². The number of fused-ring (bicyclic) bond motifs is 1. The summed E-state index contributed by atoms with van der Waals surface area (Å²) in [6, 6.07) is 0. The first-order chi connectivity index (χ1) is 47.5. The SMILES string of the molecule is CC(C)(C)C.CC(C)(C)C.CC(C)(C)C.CC(C)(C)C.CC(C)(C)C(F)(F)OC(F)(F)C(C)(C)C.CC(C)(C)C(F)(F)OC(F)(F)C(C)(C)F.CC(C)F.CC(C)F.CC1(F)CC(C)(F)C(C)(F)C(F)(F)C1(C)F.CC1(F)CC(C)(F)C(F)(F)C(C)(F)C1(F)F.CC1(F)CCC(C)(F)C2(F)C(C)(F)C(F)(F)C(F)(F)C(C)(F)C12F. The lowest BCUT2D eigenvalue weighted by molar-refractivity contribution is -0.443. The molecule has 0 aliphatic heterocycles. The average Bonchev–Trinajstić information content (AvgIpc) is 0.634. The second-order valence-corrected chi connectivity index (χ2v) is 41.8. The largest absolute Gasteiger partial charge is 0.393 e. The van der Waals surface area contributed by atoms with Crippen molar-refractivity contribution >= 4 is 0 Å². The third-order valence-corrected chi connectivity index (χ3v) is 16.6. The van der Waals surface area contributed by atoms with Gasteiger partial charge in [-0.25, -0.2) is 70.2 Å². The van der Waals surface area contributed by atoms with Gasteiger partial charge in [-0.15, -0.1) is 0 Å². The van der Waals surface area contributed by atoms with Crippen molar-refractivity contribution in [2.24, 2.45) is 37.9 Å². The fraction of sp³-hybridized carbons (Fsp3) is 1.00. The lowest BCUT2D eigenvalue weighted by Gasteiger charge is -2.67. The Morgan fingerprint density at radius 1 is 0.219 bits per heavy atom. The fourth-order valence-electron chi connectivity index (χ4n) is 9.16. The Balaban J connectivity index is -0.000000233. The van der Waals surface area contributed by atoms with Gasteiger partial charge >= 0.3 is 54.0 Å². The van der Waals surface area contributed by atoms with E-state index < -0.39 is 202 Å². The molecule has 0 saturated heterocycles. The lowest BCUT2D eigenvalue weighted by Crippen LogP contribution is -2.93. The van der Waals surface area contributed by atoms with Crippen LogP contribution in [0.5, 0.6) is 0 Å². The normalized spacial score (nSPS) is 34.7. The highest BCUT2D eigenvalue weighted by atomic mass is 19.3. The summed E-state index contributed by atoms with van der Waals surface area (Å²) in [5.74, 6) is -27.0.